The van der Waals surface area contributed by atoms with Crippen molar-refractivity contribution in [3.05, 3.63) is 115 Å². The highest BCUT2D eigenvalue weighted by Gasteiger charge is 2.21. The predicted molar refractivity (Wildman–Crippen MR) is 113 cm³/mol. The van der Waals surface area contributed by atoms with Crippen LogP contribution < -0.4 is 10.6 Å². The van der Waals surface area contributed by atoms with Crippen LogP contribution in [0.4, 0.5) is 0 Å². The largest absolute Gasteiger partial charge is 0.507 e. The van der Waals surface area contributed by atoms with Crippen molar-refractivity contribution in [3.8, 4) is 16.9 Å². The summed E-state index contributed by atoms with van der Waals surface area (Å²) in [6, 6.07) is 36.3. The number of phenols is 1. The zero-order valence-corrected chi connectivity index (χ0v) is 15.7. The van der Waals surface area contributed by atoms with E-state index in [4.69, 9.17) is 0 Å². The van der Waals surface area contributed by atoms with Crippen molar-refractivity contribution in [3.63, 3.8) is 0 Å². The molecule has 0 heterocycles. The van der Waals surface area contributed by atoms with Gasteiger partial charge in [-0.15, -0.1) is 0 Å². The van der Waals surface area contributed by atoms with Gasteiger partial charge in [0, 0.05) is 5.56 Å². The van der Waals surface area contributed by atoms with Crippen molar-refractivity contribution < 1.29 is 9.67 Å². The molecule has 0 spiro atoms. The quantitative estimate of drug-likeness (QED) is 0.481. The second-order valence-corrected chi connectivity index (χ2v) is 7.47. The Hall–Kier alpha value is -3.22. The Labute approximate surface area is 160 Å². The minimum absolute atomic E-state index is 0.328. The highest BCUT2D eigenvalue weighted by atomic mass is 31.1. The van der Waals surface area contributed by atoms with Crippen LogP contribution in [0.3, 0.4) is 0 Å². The van der Waals surface area contributed by atoms with Crippen molar-refractivity contribution in [1.82, 2.24) is 0 Å². The summed E-state index contributed by atoms with van der Waals surface area (Å²) in [6.07, 6.45) is 0. The molecular formula is C24H20O2P+. The topological polar surface area (TPSA) is 37.3 Å². The molecular weight excluding hydrogens is 351 g/mol. The highest BCUT2D eigenvalue weighted by molar-refractivity contribution is 7.61. The van der Waals surface area contributed by atoms with Gasteiger partial charge in [-0.05, 0) is 35.9 Å². The molecule has 1 N–H and O–H groups in total. The Morgan fingerprint density at radius 1 is 0.519 bits per heavy atom. The number of para-hydroxylation sites is 1. The van der Waals surface area contributed by atoms with Crippen LogP contribution in [0.15, 0.2) is 115 Å². The maximum atomic E-state index is 12.0. The van der Waals surface area contributed by atoms with Crippen LogP contribution in [0.2, 0.25) is 0 Å². The molecule has 0 saturated carbocycles. The summed E-state index contributed by atoms with van der Waals surface area (Å²) in [7, 11) is -1.42. The van der Waals surface area contributed by atoms with Gasteiger partial charge in [0.15, 0.2) is 10.6 Å². The fourth-order valence-corrected chi connectivity index (χ4v) is 3.80. The lowest BCUT2D eigenvalue weighted by Gasteiger charge is -2.02. The minimum Gasteiger partial charge on any atom is -0.507 e. The van der Waals surface area contributed by atoms with Gasteiger partial charge < -0.3 is 5.11 Å². The molecule has 4 rings (SSSR count). The van der Waals surface area contributed by atoms with Crippen molar-refractivity contribution >= 4 is 18.4 Å². The smallest absolute Gasteiger partial charge is 0.415 e. The van der Waals surface area contributed by atoms with Crippen LogP contribution in [0.5, 0.6) is 5.75 Å². The molecule has 2 nitrogen and oxygen atoms in total. The average Bonchev–Trinajstić information content (AvgIpc) is 2.76. The number of phenolic OH excluding ortho intramolecular Hbond substituents is 1. The number of hydrogen-bond donors (Lipinski definition) is 1. The highest BCUT2D eigenvalue weighted by Crippen LogP contribution is 2.27. The Bertz CT molecular complexity index is 943. The fourth-order valence-electron chi connectivity index (χ4n) is 2.61. The molecule has 132 valence electrons. The Kier molecular flexibility index (Phi) is 6.51. The van der Waals surface area contributed by atoms with E-state index < -0.39 is 7.80 Å². The summed E-state index contributed by atoms with van der Waals surface area (Å²) >= 11 is 0. The maximum absolute atomic E-state index is 12.0. The van der Waals surface area contributed by atoms with E-state index in [0.29, 0.717) is 5.75 Å². The molecule has 0 aliphatic carbocycles. The van der Waals surface area contributed by atoms with Crippen molar-refractivity contribution in [1.29, 1.82) is 0 Å². The van der Waals surface area contributed by atoms with Gasteiger partial charge in [-0.2, -0.15) is 0 Å². The Morgan fingerprint density at radius 3 is 1.41 bits per heavy atom. The van der Waals surface area contributed by atoms with E-state index in [2.05, 4.69) is 0 Å². The Balaban J connectivity index is 0.000000156. The fraction of sp³-hybridized carbons (Fsp3) is 0. The standard InChI is InChI=1S/C12H10OP.C12H10O/c13-14(11-7-3-1-4-8-11)12-9-5-2-6-10-12;13-12-9-5-4-8-11(12)10-6-2-1-3-7-10/h1-10H;1-9,13H/q+1;. The van der Waals surface area contributed by atoms with Crippen LogP contribution in [0.25, 0.3) is 11.1 Å². The van der Waals surface area contributed by atoms with Crippen molar-refractivity contribution in [2.45, 2.75) is 0 Å². The summed E-state index contributed by atoms with van der Waals surface area (Å²) in [5, 5.41) is 11.3. The van der Waals surface area contributed by atoms with Crippen LogP contribution >= 0.6 is 7.80 Å². The van der Waals surface area contributed by atoms with E-state index in [-0.39, 0.29) is 0 Å². The van der Waals surface area contributed by atoms with E-state index in [9.17, 15) is 9.67 Å². The first kappa shape index (κ1) is 18.6. The van der Waals surface area contributed by atoms with Gasteiger partial charge in [-0.1, -0.05) is 89.5 Å². The predicted octanol–water partition coefficient (Wildman–Crippen LogP) is 5.52. The second-order valence-electron chi connectivity index (χ2n) is 5.85. The third kappa shape index (κ3) is 5.13. The molecule has 0 atom stereocenters. The molecule has 0 aliphatic rings. The lowest BCUT2D eigenvalue weighted by molar-refractivity contribution is 0.477. The maximum Gasteiger partial charge on any atom is 0.415 e. The zero-order chi connectivity index (χ0) is 18.9. The zero-order valence-electron chi connectivity index (χ0n) is 14.8. The molecule has 4 aromatic carbocycles. The van der Waals surface area contributed by atoms with Crippen LogP contribution in [-0.4, -0.2) is 5.11 Å². The van der Waals surface area contributed by atoms with Gasteiger partial charge in [0.2, 0.25) is 0 Å². The molecule has 4 aromatic rings. The van der Waals surface area contributed by atoms with E-state index in [1.54, 1.807) is 6.07 Å². The van der Waals surface area contributed by atoms with Gasteiger partial charge in [0.25, 0.3) is 0 Å². The van der Waals surface area contributed by atoms with Crippen LogP contribution in [-0.2, 0) is 4.57 Å². The molecule has 0 fully saturated rings. The van der Waals surface area contributed by atoms with E-state index in [1.165, 1.54) is 0 Å². The van der Waals surface area contributed by atoms with Gasteiger partial charge in [-0.25, -0.2) is 0 Å². The van der Waals surface area contributed by atoms with Crippen LogP contribution in [0.1, 0.15) is 0 Å². The molecule has 0 aliphatic heterocycles. The van der Waals surface area contributed by atoms with Gasteiger partial charge in [0.1, 0.15) is 5.75 Å². The number of rotatable bonds is 3. The van der Waals surface area contributed by atoms with E-state index in [0.717, 1.165) is 21.7 Å². The molecule has 0 aromatic heterocycles. The summed E-state index contributed by atoms with van der Waals surface area (Å²) in [5.41, 5.74) is 1.92. The minimum atomic E-state index is -1.42. The number of hydrogen-bond acceptors (Lipinski definition) is 2. The summed E-state index contributed by atoms with van der Waals surface area (Å²) in [4.78, 5) is 0. The van der Waals surface area contributed by atoms with Gasteiger partial charge in [-0.3, -0.25) is 0 Å². The number of benzene rings is 4. The molecule has 0 saturated heterocycles. The first-order valence-corrected chi connectivity index (χ1v) is 9.92. The molecule has 0 bridgehead atoms. The van der Waals surface area contributed by atoms with E-state index >= 15 is 0 Å². The summed E-state index contributed by atoms with van der Waals surface area (Å²) in [6.45, 7) is 0. The average molecular weight is 371 g/mol. The molecule has 3 heteroatoms. The molecule has 0 radical (unpaired) electrons. The lowest BCUT2D eigenvalue weighted by atomic mass is 10.1. The van der Waals surface area contributed by atoms with Gasteiger partial charge >= 0.3 is 7.80 Å². The number of aromatic hydroxyl groups is 1. The van der Waals surface area contributed by atoms with Crippen molar-refractivity contribution in [2.75, 3.05) is 0 Å². The van der Waals surface area contributed by atoms with E-state index in [1.807, 2.05) is 109 Å². The van der Waals surface area contributed by atoms with Crippen molar-refractivity contribution in [2.24, 2.45) is 0 Å². The summed E-state index contributed by atoms with van der Waals surface area (Å²) < 4.78 is 12.0. The first-order chi connectivity index (χ1) is 13.3. The molecule has 0 unspecified atom stereocenters. The van der Waals surface area contributed by atoms with Gasteiger partial charge in [0.05, 0.1) is 0 Å². The lowest BCUT2D eigenvalue weighted by Crippen LogP contribution is -2.04. The third-order valence-corrected chi connectivity index (χ3v) is 5.50. The summed E-state index contributed by atoms with van der Waals surface area (Å²) in [5.74, 6) is 0.328. The molecule has 0 amide bonds. The van der Waals surface area contributed by atoms with Crippen LogP contribution in [0, 0.1) is 0 Å². The second kappa shape index (κ2) is 9.47. The molecule has 27 heavy (non-hydrogen) atoms. The third-order valence-electron chi connectivity index (χ3n) is 3.97. The normalized spacial score (nSPS) is 9.78. The first-order valence-electron chi connectivity index (χ1n) is 8.66. The SMILES string of the molecule is O=[P+](c1ccccc1)c1ccccc1.Oc1ccccc1-c1ccccc1. The monoisotopic (exact) mass is 371 g/mol. The Morgan fingerprint density at radius 2 is 0.926 bits per heavy atom.